The van der Waals surface area contributed by atoms with Gasteiger partial charge in [-0.05, 0) is 36.1 Å². The first-order valence-electron chi connectivity index (χ1n) is 9.35. The van der Waals surface area contributed by atoms with Crippen molar-refractivity contribution < 1.29 is 28.5 Å². The molecule has 0 aliphatic carbocycles. The molecule has 29 heavy (non-hydrogen) atoms. The molecule has 2 N–H and O–H groups in total. The third-order valence-corrected chi connectivity index (χ3v) is 4.25. The molecule has 0 saturated carbocycles. The van der Waals surface area contributed by atoms with Crippen molar-refractivity contribution in [2.24, 2.45) is 0 Å². The second-order valence-corrected chi connectivity index (χ2v) is 6.34. The zero-order valence-corrected chi connectivity index (χ0v) is 16.8. The monoisotopic (exact) mass is 401 g/mol. The fraction of sp³-hybridized carbons (Fsp3) is 0.364. The Hall–Kier alpha value is -2.90. The summed E-state index contributed by atoms with van der Waals surface area (Å²) < 4.78 is 20.7. The highest BCUT2D eigenvalue weighted by molar-refractivity contribution is 6.06. The molecule has 0 spiro atoms. The minimum atomic E-state index is -0.679. The van der Waals surface area contributed by atoms with Gasteiger partial charge in [0.05, 0.1) is 38.6 Å². The van der Waals surface area contributed by atoms with E-state index < -0.39 is 11.9 Å². The molecule has 0 atom stereocenters. The van der Waals surface area contributed by atoms with Crippen molar-refractivity contribution in [2.45, 2.75) is 19.4 Å². The average molecular weight is 401 g/mol. The number of carbonyl (C=O) groups excluding carboxylic acids is 2. The van der Waals surface area contributed by atoms with E-state index in [1.165, 1.54) is 14.2 Å². The van der Waals surface area contributed by atoms with Crippen LogP contribution in [0.2, 0.25) is 0 Å². The predicted molar refractivity (Wildman–Crippen MR) is 109 cm³/mol. The molecule has 7 heteroatoms. The second-order valence-electron chi connectivity index (χ2n) is 6.34. The number of rotatable bonds is 11. The largest absolute Gasteiger partial charge is 0.465 e. The van der Waals surface area contributed by atoms with Crippen molar-refractivity contribution in [3.63, 3.8) is 0 Å². The zero-order valence-electron chi connectivity index (χ0n) is 16.8. The van der Waals surface area contributed by atoms with Crippen molar-refractivity contribution in [3.05, 3.63) is 64.7 Å². The number of hydrogen-bond acceptors (Lipinski definition) is 7. The van der Waals surface area contributed by atoms with Crippen LogP contribution in [-0.4, -0.2) is 46.0 Å². The number of methoxy groups -OCH3 is 2. The van der Waals surface area contributed by atoms with Crippen molar-refractivity contribution in [1.29, 1.82) is 0 Å². The minimum absolute atomic E-state index is 0.0135. The highest BCUT2D eigenvalue weighted by Gasteiger charge is 2.22. The molecule has 0 aliphatic heterocycles. The molecule has 0 unspecified atom stereocenters. The van der Waals surface area contributed by atoms with Crippen LogP contribution in [0.15, 0.2) is 42.5 Å². The molecule has 0 saturated heterocycles. The molecule has 7 nitrogen and oxygen atoms in total. The molecule has 0 amide bonds. The molecular weight excluding hydrogens is 374 g/mol. The number of nitrogen functional groups attached to an aromatic ring is 1. The van der Waals surface area contributed by atoms with Crippen molar-refractivity contribution in [3.8, 4) is 0 Å². The topological polar surface area (TPSA) is 97.1 Å². The van der Waals surface area contributed by atoms with E-state index in [1.807, 2.05) is 30.3 Å². The van der Waals surface area contributed by atoms with E-state index in [0.29, 0.717) is 32.8 Å². The Labute approximate surface area is 170 Å². The highest BCUT2D eigenvalue weighted by atomic mass is 16.5. The number of benzene rings is 2. The van der Waals surface area contributed by atoms with Gasteiger partial charge in [-0.25, -0.2) is 9.59 Å². The number of nitrogens with two attached hydrogens (primary N) is 1. The molecule has 0 heterocycles. The lowest BCUT2D eigenvalue weighted by atomic mass is 10.00. The quantitative estimate of drug-likeness (QED) is 0.351. The van der Waals surface area contributed by atoms with Crippen LogP contribution in [0.3, 0.4) is 0 Å². The van der Waals surface area contributed by atoms with E-state index in [1.54, 1.807) is 12.1 Å². The van der Waals surface area contributed by atoms with E-state index in [4.69, 9.17) is 24.7 Å². The lowest BCUT2D eigenvalue weighted by Crippen LogP contribution is -2.15. The van der Waals surface area contributed by atoms with Gasteiger partial charge in [0.25, 0.3) is 0 Å². The first-order valence-corrected chi connectivity index (χ1v) is 9.35. The first-order chi connectivity index (χ1) is 14.1. The predicted octanol–water partition coefficient (Wildman–Crippen LogP) is 3.01. The third kappa shape index (κ3) is 6.89. The van der Waals surface area contributed by atoms with E-state index in [-0.39, 0.29) is 16.8 Å². The maximum atomic E-state index is 12.0. The highest BCUT2D eigenvalue weighted by Crippen LogP contribution is 2.22. The van der Waals surface area contributed by atoms with Gasteiger partial charge in [-0.3, -0.25) is 0 Å². The van der Waals surface area contributed by atoms with Crippen LogP contribution in [0, 0.1) is 0 Å². The van der Waals surface area contributed by atoms with Gasteiger partial charge in [-0.15, -0.1) is 0 Å². The SMILES string of the molecule is COC(=O)c1cc(CCOCCCOCc2ccccc2)cc(N)c1C(=O)OC. The molecule has 156 valence electrons. The van der Waals surface area contributed by atoms with E-state index >= 15 is 0 Å². The Bertz CT molecular complexity index is 806. The number of carbonyl (C=O) groups is 2. The number of hydrogen-bond donors (Lipinski definition) is 1. The Balaban J connectivity index is 1.77. The lowest BCUT2D eigenvalue weighted by Gasteiger charge is -2.12. The fourth-order valence-electron chi connectivity index (χ4n) is 2.79. The summed E-state index contributed by atoms with van der Waals surface area (Å²) in [5.41, 5.74) is 8.14. The Morgan fingerprint density at radius 3 is 2.24 bits per heavy atom. The number of esters is 2. The van der Waals surface area contributed by atoms with Crippen LogP contribution in [0.5, 0.6) is 0 Å². The van der Waals surface area contributed by atoms with Crippen LogP contribution >= 0.6 is 0 Å². The van der Waals surface area contributed by atoms with Crippen LogP contribution in [0.4, 0.5) is 5.69 Å². The molecule has 2 rings (SSSR count). The summed E-state index contributed by atoms with van der Waals surface area (Å²) in [6.45, 7) is 2.22. The fourth-order valence-corrected chi connectivity index (χ4v) is 2.79. The van der Waals surface area contributed by atoms with Crippen molar-refractivity contribution in [1.82, 2.24) is 0 Å². The molecule has 2 aromatic rings. The van der Waals surface area contributed by atoms with Crippen LogP contribution in [0.25, 0.3) is 0 Å². The van der Waals surface area contributed by atoms with E-state index in [9.17, 15) is 9.59 Å². The molecule has 2 aromatic carbocycles. The summed E-state index contributed by atoms with van der Waals surface area (Å²) in [7, 11) is 2.48. The zero-order chi connectivity index (χ0) is 21.1. The van der Waals surface area contributed by atoms with Crippen molar-refractivity contribution >= 4 is 17.6 Å². The van der Waals surface area contributed by atoms with Gasteiger partial charge >= 0.3 is 11.9 Å². The number of anilines is 1. The van der Waals surface area contributed by atoms with Gasteiger partial charge in [0.15, 0.2) is 0 Å². The van der Waals surface area contributed by atoms with Crippen LogP contribution < -0.4 is 5.73 Å². The van der Waals surface area contributed by atoms with Gasteiger partial charge in [-0.1, -0.05) is 30.3 Å². The van der Waals surface area contributed by atoms with Gasteiger partial charge in [0, 0.05) is 18.9 Å². The molecule has 0 bridgehead atoms. The summed E-state index contributed by atoms with van der Waals surface area (Å²) in [6, 6.07) is 13.2. The van der Waals surface area contributed by atoms with Gasteiger partial charge in [0.1, 0.15) is 0 Å². The minimum Gasteiger partial charge on any atom is -0.465 e. The normalized spacial score (nSPS) is 10.6. The third-order valence-electron chi connectivity index (χ3n) is 4.25. The van der Waals surface area contributed by atoms with Crippen LogP contribution in [0.1, 0.15) is 38.3 Å². The molecular formula is C22H27NO6. The smallest absolute Gasteiger partial charge is 0.340 e. The summed E-state index contributed by atoms with van der Waals surface area (Å²) in [5, 5.41) is 0. The molecule has 0 fully saturated rings. The van der Waals surface area contributed by atoms with Gasteiger partial charge in [0.2, 0.25) is 0 Å². The van der Waals surface area contributed by atoms with Crippen LogP contribution in [-0.2, 0) is 32.0 Å². The van der Waals surface area contributed by atoms with E-state index in [0.717, 1.165) is 17.5 Å². The first kappa shape index (κ1) is 22.4. The Kier molecular flexibility index (Phi) is 9.14. The summed E-state index contributed by atoms with van der Waals surface area (Å²) in [4.78, 5) is 23.9. The average Bonchev–Trinajstić information content (AvgIpc) is 2.74. The number of ether oxygens (including phenoxy) is 4. The van der Waals surface area contributed by atoms with E-state index in [2.05, 4.69) is 0 Å². The summed E-state index contributed by atoms with van der Waals surface area (Å²) in [5.74, 6) is -1.32. The maximum absolute atomic E-state index is 12.0. The lowest BCUT2D eigenvalue weighted by molar-refractivity contribution is 0.0556. The molecule has 0 aliphatic rings. The Morgan fingerprint density at radius 1 is 0.862 bits per heavy atom. The standard InChI is InChI=1S/C22H27NO6/c1-26-21(24)18-13-17(14-19(23)20(18)22(25)27-2)9-12-28-10-6-11-29-15-16-7-4-3-5-8-16/h3-5,7-8,13-14H,6,9-12,15,23H2,1-2H3. The maximum Gasteiger partial charge on any atom is 0.340 e. The molecule has 0 aromatic heterocycles. The summed E-state index contributed by atoms with van der Waals surface area (Å²) >= 11 is 0. The molecule has 0 radical (unpaired) electrons. The van der Waals surface area contributed by atoms with Gasteiger partial charge in [-0.2, -0.15) is 0 Å². The summed E-state index contributed by atoms with van der Waals surface area (Å²) in [6.07, 6.45) is 1.32. The van der Waals surface area contributed by atoms with Gasteiger partial charge < -0.3 is 24.7 Å². The van der Waals surface area contributed by atoms with Crippen molar-refractivity contribution in [2.75, 3.05) is 39.8 Å². The second kappa shape index (κ2) is 11.8. The Morgan fingerprint density at radius 2 is 1.55 bits per heavy atom.